The molecule has 1 aromatic heterocycles. The lowest BCUT2D eigenvalue weighted by atomic mass is 10.2. The van der Waals surface area contributed by atoms with Crippen LogP contribution in [0.2, 0.25) is 0 Å². The molecule has 1 rings (SSSR count). The highest BCUT2D eigenvalue weighted by atomic mass is 79.9. The van der Waals surface area contributed by atoms with Crippen molar-refractivity contribution in [2.24, 2.45) is 0 Å². The van der Waals surface area contributed by atoms with E-state index in [1.165, 1.54) is 6.07 Å². The van der Waals surface area contributed by atoms with Gasteiger partial charge in [0.15, 0.2) is 5.82 Å². The quantitative estimate of drug-likeness (QED) is 0.636. The third kappa shape index (κ3) is 3.85. The van der Waals surface area contributed by atoms with Gasteiger partial charge in [-0.3, -0.25) is 0 Å². The van der Waals surface area contributed by atoms with Crippen molar-refractivity contribution in [1.29, 1.82) is 5.26 Å². The van der Waals surface area contributed by atoms with Crippen molar-refractivity contribution in [3.8, 4) is 11.9 Å². The lowest BCUT2D eigenvalue weighted by Gasteiger charge is -2.11. The first-order valence-corrected chi connectivity index (χ1v) is 5.36. The minimum atomic E-state index is -5.03. The molecule has 0 saturated heterocycles. The molecule has 0 spiro atoms. The van der Waals surface area contributed by atoms with Crippen LogP contribution in [0, 0.1) is 17.1 Å². The summed E-state index contributed by atoms with van der Waals surface area (Å²) >= 11 is 2.92. The van der Waals surface area contributed by atoms with Crippen molar-refractivity contribution in [2.75, 3.05) is 0 Å². The zero-order valence-electron chi connectivity index (χ0n) is 8.18. The molecule has 0 atom stereocenters. The number of alkyl halides is 4. The molecule has 3 nitrogen and oxygen atoms in total. The van der Waals surface area contributed by atoms with Gasteiger partial charge in [0, 0.05) is 10.9 Å². The molecular weight excluding hydrogens is 308 g/mol. The Kier molecular flexibility index (Phi) is 4.28. The summed E-state index contributed by atoms with van der Waals surface area (Å²) in [5.41, 5.74) is -0.0351. The molecule has 0 amide bonds. The largest absolute Gasteiger partial charge is 0.574 e. The fourth-order valence-corrected chi connectivity index (χ4v) is 1.47. The van der Waals surface area contributed by atoms with Gasteiger partial charge >= 0.3 is 6.36 Å². The number of pyridine rings is 1. The van der Waals surface area contributed by atoms with Crippen LogP contribution in [-0.2, 0) is 11.8 Å². The Morgan fingerprint density at radius 2 is 2.12 bits per heavy atom. The number of hydrogen-bond donors (Lipinski definition) is 0. The molecule has 0 saturated carbocycles. The van der Waals surface area contributed by atoms with Crippen molar-refractivity contribution in [3.05, 3.63) is 23.1 Å². The lowest BCUT2D eigenvalue weighted by Crippen LogP contribution is -2.19. The maximum Gasteiger partial charge on any atom is 0.574 e. The van der Waals surface area contributed by atoms with Crippen molar-refractivity contribution in [1.82, 2.24) is 4.98 Å². The smallest absolute Gasteiger partial charge is 0.385 e. The molecular formula is C9H5BrF4N2O. The summed E-state index contributed by atoms with van der Waals surface area (Å²) in [6.45, 7) is 0. The monoisotopic (exact) mass is 312 g/mol. The molecule has 8 heteroatoms. The first-order chi connectivity index (χ1) is 7.87. The number of halogens is 5. The molecule has 0 radical (unpaired) electrons. The van der Waals surface area contributed by atoms with E-state index in [-0.39, 0.29) is 23.0 Å². The molecule has 0 unspecified atom stereocenters. The highest BCUT2D eigenvalue weighted by molar-refractivity contribution is 9.08. The number of nitrogens with zero attached hydrogens (tertiary/aromatic N) is 2. The molecule has 0 N–H and O–H groups in total. The van der Waals surface area contributed by atoms with Crippen molar-refractivity contribution >= 4 is 15.9 Å². The summed E-state index contributed by atoms with van der Waals surface area (Å²) < 4.78 is 52.8. The van der Waals surface area contributed by atoms with Gasteiger partial charge in [-0.2, -0.15) is 5.26 Å². The maximum absolute atomic E-state index is 13.4. The van der Waals surface area contributed by atoms with E-state index in [1.54, 1.807) is 6.07 Å². The first kappa shape index (κ1) is 13.7. The van der Waals surface area contributed by atoms with E-state index < -0.39 is 18.1 Å². The van der Waals surface area contributed by atoms with Crippen LogP contribution in [-0.4, -0.2) is 11.3 Å². The van der Waals surface area contributed by atoms with Gasteiger partial charge in [-0.15, -0.1) is 13.2 Å². The molecule has 0 aromatic carbocycles. The lowest BCUT2D eigenvalue weighted by molar-refractivity contribution is -0.277. The minimum absolute atomic E-state index is 0.00595. The van der Waals surface area contributed by atoms with Crippen LogP contribution < -0.4 is 4.74 Å². The van der Waals surface area contributed by atoms with E-state index in [0.717, 1.165) is 0 Å². The zero-order chi connectivity index (χ0) is 13.1. The fraction of sp³-hybridized carbons (Fsp3) is 0.333. The molecule has 0 aliphatic rings. The third-order valence-corrected chi connectivity index (χ3v) is 2.28. The topological polar surface area (TPSA) is 45.9 Å². The normalized spacial score (nSPS) is 11.1. The van der Waals surface area contributed by atoms with Crippen LogP contribution in [0.1, 0.15) is 11.3 Å². The number of ether oxygens (including phenoxy) is 1. The van der Waals surface area contributed by atoms with E-state index in [2.05, 4.69) is 25.7 Å². The highest BCUT2D eigenvalue weighted by Gasteiger charge is 2.34. The van der Waals surface area contributed by atoms with Gasteiger partial charge in [-0.1, -0.05) is 15.9 Å². The van der Waals surface area contributed by atoms with Crippen molar-refractivity contribution in [2.45, 2.75) is 18.1 Å². The summed E-state index contributed by atoms with van der Waals surface area (Å²) in [4.78, 5) is 3.30. The molecule has 0 bridgehead atoms. The van der Waals surface area contributed by atoms with Crippen LogP contribution in [0.4, 0.5) is 17.6 Å². The SMILES string of the molecule is N#CCc1cc(CBr)c(F)c(OC(F)(F)F)n1. The standard InChI is InChI=1S/C9H5BrF4N2O/c10-4-5-3-6(1-2-15)16-8(7(5)11)17-9(12,13)14/h3H,1,4H2. The zero-order valence-corrected chi connectivity index (χ0v) is 9.77. The summed E-state index contributed by atoms with van der Waals surface area (Å²) in [7, 11) is 0. The van der Waals surface area contributed by atoms with E-state index >= 15 is 0 Å². The van der Waals surface area contributed by atoms with Gasteiger partial charge < -0.3 is 4.74 Å². The summed E-state index contributed by atoms with van der Waals surface area (Å²) in [5, 5.41) is 8.41. The van der Waals surface area contributed by atoms with E-state index in [1.807, 2.05) is 0 Å². The van der Waals surface area contributed by atoms with Crippen LogP contribution >= 0.6 is 15.9 Å². The van der Waals surface area contributed by atoms with E-state index in [4.69, 9.17) is 5.26 Å². The first-order valence-electron chi connectivity index (χ1n) is 4.24. The second kappa shape index (κ2) is 5.31. The summed E-state index contributed by atoms with van der Waals surface area (Å²) in [6, 6.07) is 2.91. The predicted molar refractivity (Wildman–Crippen MR) is 52.8 cm³/mol. The third-order valence-electron chi connectivity index (χ3n) is 1.67. The average molecular weight is 313 g/mol. The van der Waals surface area contributed by atoms with Crippen LogP contribution in [0.25, 0.3) is 0 Å². The predicted octanol–water partition coefficient (Wildman–Crippen LogP) is 3.08. The second-order valence-electron chi connectivity index (χ2n) is 2.91. The molecule has 0 fully saturated rings. The summed E-state index contributed by atoms with van der Waals surface area (Å²) in [5.74, 6) is -2.36. The van der Waals surface area contributed by atoms with Gasteiger partial charge in [-0.25, -0.2) is 9.37 Å². The van der Waals surface area contributed by atoms with Gasteiger partial charge in [0.25, 0.3) is 5.88 Å². The Balaban J connectivity index is 3.19. The fourth-order valence-electron chi connectivity index (χ4n) is 1.06. The summed E-state index contributed by atoms with van der Waals surface area (Å²) in [6.07, 6.45) is -5.25. The number of nitriles is 1. The van der Waals surface area contributed by atoms with Crippen LogP contribution in [0.5, 0.6) is 5.88 Å². The van der Waals surface area contributed by atoms with Crippen molar-refractivity contribution in [3.63, 3.8) is 0 Å². The minimum Gasteiger partial charge on any atom is -0.385 e. The van der Waals surface area contributed by atoms with E-state index in [0.29, 0.717) is 0 Å². The molecule has 1 heterocycles. The number of hydrogen-bond acceptors (Lipinski definition) is 3. The van der Waals surface area contributed by atoms with Crippen LogP contribution in [0.3, 0.4) is 0 Å². The maximum atomic E-state index is 13.4. The Labute approximate surface area is 102 Å². The molecule has 17 heavy (non-hydrogen) atoms. The van der Waals surface area contributed by atoms with E-state index in [9.17, 15) is 17.6 Å². The molecule has 1 aromatic rings. The molecule has 0 aliphatic heterocycles. The number of rotatable bonds is 3. The highest BCUT2D eigenvalue weighted by Crippen LogP contribution is 2.27. The molecule has 92 valence electrons. The van der Waals surface area contributed by atoms with Gasteiger partial charge in [0.1, 0.15) is 0 Å². The van der Waals surface area contributed by atoms with Gasteiger partial charge in [-0.05, 0) is 6.07 Å². The van der Waals surface area contributed by atoms with Crippen molar-refractivity contribution < 1.29 is 22.3 Å². The Morgan fingerprint density at radius 3 is 2.59 bits per heavy atom. The molecule has 0 aliphatic carbocycles. The Morgan fingerprint density at radius 1 is 1.47 bits per heavy atom. The second-order valence-corrected chi connectivity index (χ2v) is 3.47. The Bertz CT molecular complexity index is 456. The van der Waals surface area contributed by atoms with Gasteiger partial charge in [0.05, 0.1) is 18.2 Å². The van der Waals surface area contributed by atoms with Crippen LogP contribution in [0.15, 0.2) is 6.07 Å². The van der Waals surface area contributed by atoms with Gasteiger partial charge in [0.2, 0.25) is 0 Å². The Hall–Kier alpha value is -1.36. The number of aromatic nitrogens is 1. The average Bonchev–Trinajstić information content (AvgIpc) is 2.21.